The number of rotatable bonds is 3. The summed E-state index contributed by atoms with van der Waals surface area (Å²) in [5.41, 5.74) is 6.67. The molecule has 0 amide bonds. The molecule has 2 aromatic rings. The van der Waals surface area contributed by atoms with Gasteiger partial charge >= 0.3 is 5.97 Å². The molecule has 1 heterocycles. The lowest BCUT2D eigenvalue weighted by atomic mass is 10.2. The molecule has 3 nitrogen and oxygen atoms in total. The molecule has 17 heavy (non-hydrogen) atoms. The third kappa shape index (κ3) is 3.08. The van der Waals surface area contributed by atoms with Crippen LogP contribution in [-0.4, -0.2) is 5.97 Å². The molecule has 5 heteroatoms. The van der Waals surface area contributed by atoms with Gasteiger partial charge < -0.3 is 10.5 Å². The quantitative estimate of drug-likeness (QED) is 0.697. The lowest BCUT2D eigenvalue weighted by Crippen LogP contribution is -2.04. The monoisotopic (exact) mass is 311 g/mol. The van der Waals surface area contributed by atoms with E-state index < -0.39 is 0 Å². The molecule has 0 aliphatic carbocycles. The van der Waals surface area contributed by atoms with E-state index >= 15 is 0 Å². The molecule has 2 rings (SSSR count). The number of carbonyl (C=O) groups is 1. The Balaban J connectivity index is 1.98. The number of hydrogen-bond donors (Lipinski definition) is 1. The Morgan fingerprint density at radius 3 is 2.59 bits per heavy atom. The molecular weight excluding hydrogens is 302 g/mol. The fourth-order valence-corrected chi connectivity index (χ4v) is 2.64. The second-order valence-electron chi connectivity index (χ2n) is 3.39. The molecule has 0 aliphatic rings. The number of nitrogens with two attached hydrogens (primary N) is 1. The van der Waals surface area contributed by atoms with E-state index in [1.54, 1.807) is 35.6 Å². The van der Waals surface area contributed by atoms with Crippen LogP contribution in [0.25, 0.3) is 0 Å². The third-order valence-electron chi connectivity index (χ3n) is 2.17. The van der Waals surface area contributed by atoms with Crippen molar-refractivity contribution in [2.24, 2.45) is 0 Å². The fraction of sp³-hybridized carbons (Fsp3) is 0.0833. The maximum atomic E-state index is 11.7. The van der Waals surface area contributed by atoms with Crippen LogP contribution in [0.4, 0.5) is 5.69 Å². The topological polar surface area (TPSA) is 52.3 Å². The standard InChI is InChI=1S/C12H10BrNO2S/c13-10-5-6-17-11(10)7-16-12(15)8-1-3-9(14)4-2-8/h1-6H,7,14H2. The molecule has 0 spiro atoms. The summed E-state index contributed by atoms with van der Waals surface area (Å²) in [6.45, 7) is 0.279. The third-order valence-corrected chi connectivity index (χ3v) is 4.07. The van der Waals surface area contributed by atoms with Crippen molar-refractivity contribution in [1.82, 2.24) is 0 Å². The molecule has 0 fully saturated rings. The van der Waals surface area contributed by atoms with E-state index in [2.05, 4.69) is 15.9 Å². The number of thiophene rings is 1. The molecule has 1 aromatic heterocycles. The van der Waals surface area contributed by atoms with Gasteiger partial charge in [-0.15, -0.1) is 11.3 Å². The Kier molecular flexibility index (Phi) is 3.81. The normalized spacial score (nSPS) is 10.2. The van der Waals surface area contributed by atoms with Crippen LogP contribution in [0.1, 0.15) is 15.2 Å². The van der Waals surface area contributed by atoms with Gasteiger partial charge in [-0.05, 0) is 51.6 Å². The lowest BCUT2D eigenvalue weighted by molar-refractivity contribution is 0.0476. The Labute approximate surface area is 111 Å². The molecular formula is C12H10BrNO2S. The molecule has 0 aliphatic heterocycles. The zero-order chi connectivity index (χ0) is 12.3. The molecule has 0 saturated heterocycles. The number of ether oxygens (including phenoxy) is 1. The molecule has 1 aromatic carbocycles. The minimum atomic E-state index is -0.342. The van der Waals surface area contributed by atoms with Crippen molar-refractivity contribution in [3.05, 3.63) is 50.6 Å². The SMILES string of the molecule is Nc1ccc(C(=O)OCc2sccc2Br)cc1. The van der Waals surface area contributed by atoms with Gasteiger partial charge in [0.1, 0.15) is 6.61 Å². The van der Waals surface area contributed by atoms with Crippen LogP contribution in [0, 0.1) is 0 Å². The highest BCUT2D eigenvalue weighted by Gasteiger charge is 2.08. The minimum Gasteiger partial charge on any atom is -0.456 e. The molecule has 0 unspecified atom stereocenters. The Morgan fingerprint density at radius 1 is 1.29 bits per heavy atom. The zero-order valence-electron chi connectivity index (χ0n) is 8.85. The molecule has 0 saturated carbocycles. The summed E-state index contributed by atoms with van der Waals surface area (Å²) in [7, 11) is 0. The van der Waals surface area contributed by atoms with Crippen LogP contribution < -0.4 is 5.73 Å². The first-order chi connectivity index (χ1) is 8.16. The summed E-state index contributed by atoms with van der Waals surface area (Å²) in [5, 5.41) is 1.94. The van der Waals surface area contributed by atoms with Crippen LogP contribution in [0.3, 0.4) is 0 Å². The van der Waals surface area contributed by atoms with E-state index in [1.807, 2.05) is 11.4 Å². The Morgan fingerprint density at radius 2 is 2.00 bits per heavy atom. The minimum absolute atomic E-state index is 0.279. The predicted octanol–water partition coefficient (Wildman–Crippen LogP) is 3.45. The second kappa shape index (κ2) is 5.33. The predicted molar refractivity (Wildman–Crippen MR) is 72.0 cm³/mol. The van der Waals surface area contributed by atoms with Gasteiger partial charge in [0.15, 0.2) is 0 Å². The van der Waals surface area contributed by atoms with E-state index in [1.165, 1.54) is 0 Å². The number of benzene rings is 1. The number of carbonyl (C=O) groups excluding carboxylic acids is 1. The largest absolute Gasteiger partial charge is 0.456 e. The van der Waals surface area contributed by atoms with Crippen molar-refractivity contribution >= 4 is 38.9 Å². The van der Waals surface area contributed by atoms with Gasteiger partial charge in [0.05, 0.1) is 10.4 Å². The van der Waals surface area contributed by atoms with Crippen LogP contribution in [-0.2, 0) is 11.3 Å². The van der Waals surface area contributed by atoms with Gasteiger partial charge in [0.25, 0.3) is 0 Å². The highest BCUT2D eigenvalue weighted by Crippen LogP contribution is 2.23. The Hall–Kier alpha value is -1.33. The highest BCUT2D eigenvalue weighted by atomic mass is 79.9. The molecule has 88 valence electrons. The van der Waals surface area contributed by atoms with Crippen molar-refractivity contribution < 1.29 is 9.53 Å². The average Bonchev–Trinajstić information content (AvgIpc) is 2.73. The van der Waals surface area contributed by atoms with Crippen LogP contribution in [0.5, 0.6) is 0 Å². The van der Waals surface area contributed by atoms with Gasteiger partial charge in [-0.2, -0.15) is 0 Å². The van der Waals surface area contributed by atoms with Gasteiger partial charge in [-0.1, -0.05) is 0 Å². The van der Waals surface area contributed by atoms with Gasteiger partial charge in [-0.25, -0.2) is 4.79 Å². The maximum absolute atomic E-state index is 11.7. The lowest BCUT2D eigenvalue weighted by Gasteiger charge is -2.04. The van der Waals surface area contributed by atoms with Crippen molar-refractivity contribution in [1.29, 1.82) is 0 Å². The van der Waals surface area contributed by atoms with Gasteiger partial charge in [-0.3, -0.25) is 0 Å². The van der Waals surface area contributed by atoms with Crippen molar-refractivity contribution in [3.63, 3.8) is 0 Å². The molecule has 0 radical (unpaired) electrons. The first-order valence-corrected chi connectivity index (χ1v) is 6.58. The summed E-state index contributed by atoms with van der Waals surface area (Å²) in [5.74, 6) is -0.342. The number of halogens is 1. The van der Waals surface area contributed by atoms with Gasteiger partial charge in [0.2, 0.25) is 0 Å². The average molecular weight is 312 g/mol. The van der Waals surface area contributed by atoms with Crippen LogP contribution in [0.15, 0.2) is 40.2 Å². The van der Waals surface area contributed by atoms with E-state index in [0.717, 1.165) is 9.35 Å². The summed E-state index contributed by atoms with van der Waals surface area (Å²) >= 11 is 4.93. The summed E-state index contributed by atoms with van der Waals surface area (Å²) < 4.78 is 6.16. The molecule has 0 bridgehead atoms. The zero-order valence-corrected chi connectivity index (χ0v) is 11.3. The second-order valence-corrected chi connectivity index (χ2v) is 5.24. The molecule has 2 N–H and O–H groups in total. The van der Waals surface area contributed by atoms with E-state index in [9.17, 15) is 4.79 Å². The first-order valence-electron chi connectivity index (χ1n) is 4.91. The summed E-state index contributed by atoms with van der Waals surface area (Å²) in [4.78, 5) is 12.7. The Bertz CT molecular complexity index is 522. The van der Waals surface area contributed by atoms with Crippen LogP contribution >= 0.6 is 27.3 Å². The van der Waals surface area contributed by atoms with E-state index in [-0.39, 0.29) is 12.6 Å². The first kappa shape index (κ1) is 12.1. The number of nitrogen functional groups attached to an aromatic ring is 1. The fourth-order valence-electron chi connectivity index (χ4n) is 1.26. The molecule has 0 atom stereocenters. The van der Waals surface area contributed by atoms with Gasteiger partial charge in [0, 0.05) is 10.2 Å². The summed E-state index contributed by atoms with van der Waals surface area (Å²) in [6, 6.07) is 8.59. The smallest absolute Gasteiger partial charge is 0.338 e. The number of anilines is 1. The highest BCUT2D eigenvalue weighted by molar-refractivity contribution is 9.10. The number of esters is 1. The van der Waals surface area contributed by atoms with E-state index in [0.29, 0.717) is 11.3 Å². The van der Waals surface area contributed by atoms with E-state index in [4.69, 9.17) is 10.5 Å². The van der Waals surface area contributed by atoms with Crippen LogP contribution in [0.2, 0.25) is 0 Å². The summed E-state index contributed by atoms with van der Waals surface area (Å²) in [6.07, 6.45) is 0. The van der Waals surface area contributed by atoms with Crippen molar-refractivity contribution in [2.45, 2.75) is 6.61 Å². The maximum Gasteiger partial charge on any atom is 0.338 e. The van der Waals surface area contributed by atoms with Crippen molar-refractivity contribution in [3.8, 4) is 0 Å². The number of hydrogen-bond acceptors (Lipinski definition) is 4. The van der Waals surface area contributed by atoms with Crippen molar-refractivity contribution in [2.75, 3.05) is 5.73 Å².